The molecule has 1 heterocycles. The van der Waals surface area contributed by atoms with E-state index in [9.17, 15) is 8.42 Å². The number of anilines is 2. The number of aromatic nitrogens is 1. The zero-order chi connectivity index (χ0) is 13.9. The van der Waals surface area contributed by atoms with Crippen LogP contribution in [0.1, 0.15) is 5.56 Å². The van der Waals surface area contributed by atoms with Crippen LogP contribution in [0.3, 0.4) is 0 Å². The molecule has 0 atom stereocenters. The van der Waals surface area contributed by atoms with Gasteiger partial charge in [-0.25, -0.2) is 8.42 Å². The van der Waals surface area contributed by atoms with E-state index in [1.807, 2.05) is 18.2 Å². The number of hydrogen-bond donors (Lipinski definition) is 1. The molecule has 1 aromatic carbocycles. The maximum Gasteiger partial charge on any atom is 0.239 e. The topological polar surface area (TPSA) is 76.3 Å². The first-order chi connectivity index (χ1) is 9.00. The van der Waals surface area contributed by atoms with Crippen molar-refractivity contribution < 1.29 is 8.42 Å². The normalized spacial score (nSPS) is 11.2. The third-order valence-electron chi connectivity index (χ3n) is 2.78. The van der Waals surface area contributed by atoms with Gasteiger partial charge in [0.05, 0.1) is 23.3 Å². The number of benzene rings is 1. The zero-order valence-corrected chi connectivity index (χ0v) is 11.3. The van der Waals surface area contributed by atoms with Crippen LogP contribution in [0.4, 0.5) is 11.4 Å². The van der Waals surface area contributed by atoms with E-state index in [0.717, 1.165) is 5.56 Å². The fraction of sp³-hybridized carbons (Fsp3) is 0.154. The molecule has 2 aromatic rings. The van der Waals surface area contributed by atoms with Crippen LogP contribution in [0.2, 0.25) is 0 Å². The van der Waals surface area contributed by atoms with E-state index in [1.165, 1.54) is 23.7 Å². The Morgan fingerprint density at radius 2 is 1.89 bits per heavy atom. The standard InChI is InChI=1S/C13H15N3O2S/c1-16(13-7-8-15-9-12(13)14)19(17,18)10-11-5-3-2-4-6-11/h2-9H,10,14H2,1H3. The lowest BCUT2D eigenvalue weighted by Gasteiger charge is -2.20. The Balaban J connectivity index is 2.28. The number of sulfonamides is 1. The van der Waals surface area contributed by atoms with E-state index in [-0.39, 0.29) is 5.75 Å². The van der Waals surface area contributed by atoms with Gasteiger partial charge in [-0.3, -0.25) is 9.29 Å². The maximum absolute atomic E-state index is 12.3. The van der Waals surface area contributed by atoms with Crippen LogP contribution >= 0.6 is 0 Å². The summed E-state index contributed by atoms with van der Waals surface area (Å²) in [7, 11) is -1.97. The van der Waals surface area contributed by atoms with Crippen molar-refractivity contribution in [2.45, 2.75) is 5.75 Å². The van der Waals surface area contributed by atoms with E-state index in [0.29, 0.717) is 11.4 Å². The number of nitrogens with zero attached hydrogens (tertiary/aromatic N) is 2. The van der Waals surface area contributed by atoms with E-state index in [4.69, 9.17) is 5.73 Å². The van der Waals surface area contributed by atoms with Gasteiger partial charge in [-0.1, -0.05) is 30.3 Å². The molecule has 1 aromatic heterocycles. The lowest BCUT2D eigenvalue weighted by molar-refractivity contribution is 0.593. The van der Waals surface area contributed by atoms with Crippen molar-refractivity contribution in [2.24, 2.45) is 0 Å². The molecule has 5 nitrogen and oxygen atoms in total. The quantitative estimate of drug-likeness (QED) is 0.921. The summed E-state index contributed by atoms with van der Waals surface area (Å²) in [5, 5.41) is 0. The fourth-order valence-electron chi connectivity index (χ4n) is 1.72. The first kappa shape index (κ1) is 13.4. The molecule has 100 valence electrons. The Labute approximate surface area is 112 Å². The van der Waals surface area contributed by atoms with Gasteiger partial charge >= 0.3 is 0 Å². The molecule has 0 spiro atoms. The van der Waals surface area contributed by atoms with Gasteiger partial charge in [0.15, 0.2) is 0 Å². The highest BCUT2D eigenvalue weighted by Gasteiger charge is 2.20. The van der Waals surface area contributed by atoms with Gasteiger partial charge in [0.1, 0.15) is 0 Å². The van der Waals surface area contributed by atoms with Crippen LogP contribution in [0.15, 0.2) is 48.8 Å². The largest absolute Gasteiger partial charge is 0.396 e. The minimum atomic E-state index is -3.46. The molecular weight excluding hydrogens is 262 g/mol. The van der Waals surface area contributed by atoms with Crippen LogP contribution in [0, 0.1) is 0 Å². The zero-order valence-electron chi connectivity index (χ0n) is 10.5. The fourth-order valence-corrected chi connectivity index (χ4v) is 2.99. The number of nitrogen functional groups attached to an aromatic ring is 1. The second-order valence-corrected chi connectivity index (χ2v) is 6.14. The molecule has 19 heavy (non-hydrogen) atoms. The minimum absolute atomic E-state index is 0.0634. The van der Waals surface area contributed by atoms with Crippen molar-refractivity contribution in [3.63, 3.8) is 0 Å². The summed E-state index contributed by atoms with van der Waals surface area (Å²) in [6, 6.07) is 10.6. The average Bonchev–Trinajstić information content (AvgIpc) is 2.39. The van der Waals surface area contributed by atoms with Gasteiger partial charge in [0.2, 0.25) is 10.0 Å². The molecule has 0 saturated heterocycles. The highest BCUT2D eigenvalue weighted by molar-refractivity contribution is 7.92. The van der Waals surface area contributed by atoms with Crippen molar-refractivity contribution in [2.75, 3.05) is 17.1 Å². The maximum atomic E-state index is 12.3. The number of pyridine rings is 1. The number of nitrogens with two attached hydrogens (primary N) is 1. The molecule has 0 aliphatic rings. The summed E-state index contributed by atoms with van der Waals surface area (Å²) in [4.78, 5) is 3.85. The van der Waals surface area contributed by atoms with E-state index in [2.05, 4.69) is 4.98 Å². The van der Waals surface area contributed by atoms with Gasteiger partial charge in [-0.2, -0.15) is 0 Å². The van der Waals surface area contributed by atoms with E-state index >= 15 is 0 Å². The van der Waals surface area contributed by atoms with Crippen molar-refractivity contribution in [3.05, 3.63) is 54.4 Å². The smallest absolute Gasteiger partial charge is 0.239 e. The molecule has 0 aliphatic heterocycles. The van der Waals surface area contributed by atoms with Gasteiger partial charge < -0.3 is 5.73 Å². The van der Waals surface area contributed by atoms with Gasteiger partial charge in [-0.15, -0.1) is 0 Å². The van der Waals surface area contributed by atoms with Gasteiger partial charge in [0.25, 0.3) is 0 Å². The Morgan fingerprint density at radius 1 is 1.21 bits per heavy atom. The summed E-state index contributed by atoms with van der Waals surface area (Å²) in [5.74, 6) is -0.0634. The monoisotopic (exact) mass is 277 g/mol. The molecule has 0 aliphatic carbocycles. The second-order valence-electron chi connectivity index (χ2n) is 4.14. The molecule has 0 unspecified atom stereocenters. The Kier molecular flexibility index (Phi) is 3.71. The molecule has 6 heteroatoms. The summed E-state index contributed by atoms with van der Waals surface area (Å²) >= 11 is 0. The van der Waals surface area contributed by atoms with E-state index < -0.39 is 10.0 Å². The summed E-state index contributed by atoms with van der Waals surface area (Å²) in [6.07, 6.45) is 2.95. The minimum Gasteiger partial charge on any atom is -0.396 e. The van der Waals surface area contributed by atoms with Crippen molar-refractivity contribution in [1.82, 2.24) is 4.98 Å². The molecule has 2 N–H and O–H groups in total. The predicted octanol–water partition coefficient (Wildman–Crippen LogP) is 1.63. The third-order valence-corrected chi connectivity index (χ3v) is 4.51. The lowest BCUT2D eigenvalue weighted by Crippen LogP contribution is -2.28. The van der Waals surface area contributed by atoms with Crippen molar-refractivity contribution in [1.29, 1.82) is 0 Å². The van der Waals surface area contributed by atoms with Crippen LogP contribution in [0.5, 0.6) is 0 Å². The number of rotatable bonds is 4. The Morgan fingerprint density at radius 3 is 2.53 bits per heavy atom. The van der Waals surface area contributed by atoms with Gasteiger partial charge in [0, 0.05) is 13.2 Å². The Bertz CT molecular complexity index is 657. The van der Waals surface area contributed by atoms with Crippen LogP contribution in [-0.2, 0) is 15.8 Å². The van der Waals surface area contributed by atoms with Crippen LogP contribution < -0.4 is 10.0 Å². The molecule has 0 radical (unpaired) electrons. The molecule has 0 fully saturated rings. The SMILES string of the molecule is CN(c1ccncc1N)S(=O)(=O)Cc1ccccc1. The molecule has 0 amide bonds. The molecule has 0 saturated carbocycles. The van der Waals surface area contributed by atoms with Gasteiger partial charge in [-0.05, 0) is 11.6 Å². The highest BCUT2D eigenvalue weighted by atomic mass is 32.2. The van der Waals surface area contributed by atoms with Crippen LogP contribution in [0.25, 0.3) is 0 Å². The second kappa shape index (κ2) is 5.27. The first-order valence-electron chi connectivity index (χ1n) is 5.71. The molecule has 0 bridgehead atoms. The first-order valence-corrected chi connectivity index (χ1v) is 7.31. The summed E-state index contributed by atoms with van der Waals surface area (Å²) in [5.41, 5.74) is 7.25. The highest BCUT2D eigenvalue weighted by Crippen LogP contribution is 2.24. The molecule has 2 rings (SSSR count). The molecular formula is C13H15N3O2S. The predicted molar refractivity (Wildman–Crippen MR) is 76.1 cm³/mol. The van der Waals surface area contributed by atoms with Crippen molar-refractivity contribution in [3.8, 4) is 0 Å². The Hall–Kier alpha value is -2.08. The average molecular weight is 277 g/mol. The van der Waals surface area contributed by atoms with Crippen LogP contribution in [-0.4, -0.2) is 20.4 Å². The lowest BCUT2D eigenvalue weighted by atomic mass is 10.2. The summed E-state index contributed by atoms with van der Waals surface area (Å²) < 4.78 is 25.8. The number of hydrogen-bond acceptors (Lipinski definition) is 4. The van der Waals surface area contributed by atoms with Crippen molar-refractivity contribution >= 4 is 21.4 Å². The third kappa shape index (κ3) is 3.03. The summed E-state index contributed by atoms with van der Waals surface area (Å²) in [6.45, 7) is 0. The van der Waals surface area contributed by atoms with E-state index in [1.54, 1.807) is 18.2 Å².